The molecular formula is C72H64B2N4. The monoisotopic (exact) mass is 1010 g/mol. The molecule has 15 rings (SSSR count). The second-order valence-electron chi connectivity index (χ2n) is 25.7. The third-order valence-electron chi connectivity index (χ3n) is 18.4. The largest absolute Gasteiger partial charge is 0.314 e. The lowest BCUT2D eigenvalue weighted by molar-refractivity contribution is 0.589. The van der Waals surface area contributed by atoms with E-state index in [1.807, 2.05) is 0 Å². The Morgan fingerprint density at radius 1 is 0.321 bits per heavy atom. The summed E-state index contributed by atoms with van der Waals surface area (Å²) in [6, 6.07) is 79.0. The smallest absolute Gasteiger partial charge is 0.252 e. The van der Waals surface area contributed by atoms with Crippen molar-refractivity contribution in [1.82, 2.24) is 0 Å². The first-order chi connectivity index (χ1) is 37.5. The van der Waals surface area contributed by atoms with Crippen LogP contribution in [-0.4, -0.2) is 13.4 Å². The highest BCUT2D eigenvalue weighted by Gasteiger charge is 2.56. The number of para-hydroxylation sites is 4. The van der Waals surface area contributed by atoms with Gasteiger partial charge in [-0.15, -0.1) is 0 Å². The molecule has 0 aromatic heterocycles. The molecule has 9 aromatic rings. The van der Waals surface area contributed by atoms with Crippen molar-refractivity contribution in [2.45, 2.75) is 90.9 Å². The summed E-state index contributed by atoms with van der Waals surface area (Å²) in [5.74, 6) is 0. The number of benzene rings is 9. The summed E-state index contributed by atoms with van der Waals surface area (Å²) in [7, 11) is 0. The van der Waals surface area contributed by atoms with Gasteiger partial charge in [0.25, 0.3) is 13.4 Å². The molecule has 6 heteroatoms. The molecule has 0 spiro atoms. The predicted octanol–water partition coefficient (Wildman–Crippen LogP) is 15.9. The number of allylic oxidation sites excluding steroid dienone is 2. The Bertz CT molecular complexity index is 3800. The van der Waals surface area contributed by atoms with Crippen LogP contribution in [0.5, 0.6) is 0 Å². The maximum Gasteiger partial charge on any atom is 0.252 e. The summed E-state index contributed by atoms with van der Waals surface area (Å²) in [6.45, 7) is 23.9. The van der Waals surface area contributed by atoms with Crippen LogP contribution >= 0.6 is 0 Å². The fourth-order valence-corrected chi connectivity index (χ4v) is 14.8. The zero-order chi connectivity index (χ0) is 53.4. The van der Waals surface area contributed by atoms with Crippen LogP contribution in [0, 0.1) is 0 Å². The predicted molar refractivity (Wildman–Crippen MR) is 333 cm³/mol. The molecule has 0 saturated carbocycles. The Kier molecular flexibility index (Phi) is 9.76. The number of hydrogen-bond acceptors (Lipinski definition) is 4. The van der Waals surface area contributed by atoms with Crippen molar-refractivity contribution >= 4 is 103 Å². The molecule has 0 saturated heterocycles. The van der Waals surface area contributed by atoms with Crippen LogP contribution in [0.15, 0.2) is 218 Å². The van der Waals surface area contributed by atoms with Crippen LogP contribution in [0.4, 0.5) is 56.9 Å². The summed E-state index contributed by atoms with van der Waals surface area (Å²) in [5.41, 5.74) is 30.2. The van der Waals surface area contributed by atoms with Gasteiger partial charge in [0.1, 0.15) is 0 Å². The highest BCUT2D eigenvalue weighted by Crippen LogP contribution is 2.59. The molecule has 0 unspecified atom stereocenters. The van der Waals surface area contributed by atoms with E-state index in [2.05, 4.69) is 295 Å². The van der Waals surface area contributed by atoms with Crippen molar-refractivity contribution in [1.29, 1.82) is 0 Å². The summed E-state index contributed by atoms with van der Waals surface area (Å²) in [4.78, 5) is 10.6. The minimum Gasteiger partial charge on any atom is -0.314 e. The Morgan fingerprint density at radius 2 is 0.603 bits per heavy atom. The fraction of sp³-hybridized carbons (Fsp3) is 0.194. The van der Waals surface area contributed by atoms with Gasteiger partial charge >= 0.3 is 0 Å². The van der Waals surface area contributed by atoms with E-state index in [1.165, 1.54) is 123 Å². The third-order valence-corrected chi connectivity index (χ3v) is 18.4. The van der Waals surface area contributed by atoms with Gasteiger partial charge in [-0.1, -0.05) is 191 Å². The summed E-state index contributed by atoms with van der Waals surface area (Å²) >= 11 is 0. The van der Waals surface area contributed by atoms with Crippen LogP contribution < -0.4 is 41.5 Å². The number of fused-ring (bicyclic) bond motifs is 10. The van der Waals surface area contributed by atoms with Crippen LogP contribution in [0.1, 0.15) is 103 Å². The Hall–Kier alpha value is -8.21. The highest BCUT2D eigenvalue weighted by atomic mass is 15.2. The first kappa shape index (κ1) is 47.0. The van der Waals surface area contributed by atoms with Gasteiger partial charge in [-0.3, -0.25) is 0 Å². The van der Waals surface area contributed by atoms with Gasteiger partial charge in [0, 0.05) is 79.1 Å². The number of rotatable bonds is 4. The molecule has 78 heavy (non-hydrogen) atoms. The van der Waals surface area contributed by atoms with E-state index in [4.69, 9.17) is 0 Å². The van der Waals surface area contributed by atoms with E-state index < -0.39 is 0 Å². The van der Waals surface area contributed by atoms with Gasteiger partial charge in [0.2, 0.25) is 0 Å². The minimum absolute atomic E-state index is 0.0847. The van der Waals surface area contributed by atoms with E-state index in [0.29, 0.717) is 0 Å². The first-order valence-corrected chi connectivity index (χ1v) is 28.2. The zero-order valence-electron chi connectivity index (χ0n) is 46.6. The van der Waals surface area contributed by atoms with Crippen LogP contribution in [0.2, 0.25) is 0 Å². The SMILES string of the molecule is CC(C)(C)c1cc2c3c(c1)N(c1ccccc1)c1cc4c(cc1B3C1=C(N2c2ccccc2)C(C)(C)c2ccccc21)N(c1ccccc1)c1cc(C(C)(C)C)cc2c1B4C1=C(N2c2ccccc2)C(C)(C)c2ccccc21. The molecule has 0 atom stereocenters. The van der Waals surface area contributed by atoms with Crippen molar-refractivity contribution in [3.63, 3.8) is 0 Å². The van der Waals surface area contributed by atoms with Gasteiger partial charge in [-0.25, -0.2) is 0 Å². The maximum atomic E-state index is 2.67. The number of hydrogen-bond donors (Lipinski definition) is 0. The lowest BCUT2D eigenvalue weighted by atomic mass is 9.30. The van der Waals surface area contributed by atoms with Crippen molar-refractivity contribution in [2.24, 2.45) is 0 Å². The van der Waals surface area contributed by atoms with E-state index in [0.717, 1.165) is 11.4 Å². The van der Waals surface area contributed by atoms with E-state index in [9.17, 15) is 0 Å². The van der Waals surface area contributed by atoms with E-state index in [-0.39, 0.29) is 35.1 Å². The van der Waals surface area contributed by atoms with Crippen molar-refractivity contribution in [3.05, 3.63) is 251 Å². The average molecular weight is 1010 g/mol. The van der Waals surface area contributed by atoms with Crippen molar-refractivity contribution < 1.29 is 0 Å². The normalized spacial score (nSPS) is 16.8. The Balaban J connectivity index is 1.13. The van der Waals surface area contributed by atoms with Gasteiger partial charge in [0.05, 0.1) is 0 Å². The molecule has 0 fully saturated rings. The lowest BCUT2D eigenvalue weighted by Gasteiger charge is -2.49. The molecule has 6 aliphatic rings. The number of anilines is 10. The zero-order valence-corrected chi connectivity index (χ0v) is 46.6. The standard InChI is InChI=1S/C72H64B2N4/c1-69(2,3)45-39-59-65-61(41-45)77(49-31-19-13-20-32-49)67-63(51-35-23-25-37-53(51)71(67,7)8)73(65)55-44-58-56(43-57(55)75(59)47-27-15-11-16-28-47)74-64-52-36-24-26-38-54(52)72(9,10)68(64)78(50-33-21-14-22-34-50)62-42-46(70(4,5)6)40-60(66(62)74)76(58)48-29-17-12-18-30-48/h11-44H,1-10H3. The van der Waals surface area contributed by atoms with Gasteiger partial charge in [-0.2, -0.15) is 0 Å². The molecule has 2 aliphatic carbocycles. The van der Waals surface area contributed by atoms with Gasteiger partial charge in [0.15, 0.2) is 0 Å². The molecule has 378 valence electrons. The van der Waals surface area contributed by atoms with E-state index >= 15 is 0 Å². The maximum absolute atomic E-state index is 2.67. The molecule has 4 nitrogen and oxygen atoms in total. The van der Waals surface area contributed by atoms with Crippen LogP contribution in [0.3, 0.4) is 0 Å². The third kappa shape index (κ3) is 6.38. The van der Waals surface area contributed by atoms with Crippen LogP contribution in [0.25, 0.3) is 10.9 Å². The molecule has 0 amide bonds. The molecule has 0 N–H and O–H groups in total. The fourth-order valence-electron chi connectivity index (χ4n) is 14.8. The lowest BCUT2D eigenvalue weighted by Crippen LogP contribution is -2.59. The van der Waals surface area contributed by atoms with Crippen molar-refractivity contribution in [2.75, 3.05) is 19.6 Å². The number of nitrogens with zero attached hydrogens (tertiary/aromatic N) is 4. The second-order valence-corrected chi connectivity index (χ2v) is 25.7. The summed E-state index contributed by atoms with van der Waals surface area (Å²) < 4.78 is 0. The van der Waals surface area contributed by atoms with Gasteiger partial charge < -0.3 is 19.6 Å². The Morgan fingerprint density at radius 3 is 0.923 bits per heavy atom. The van der Waals surface area contributed by atoms with E-state index in [1.54, 1.807) is 0 Å². The quantitative estimate of drug-likeness (QED) is 0.163. The highest BCUT2D eigenvalue weighted by molar-refractivity contribution is 7.05. The van der Waals surface area contributed by atoms with Crippen molar-refractivity contribution in [3.8, 4) is 0 Å². The van der Waals surface area contributed by atoms with Crippen LogP contribution in [-0.2, 0) is 21.7 Å². The molecule has 4 heterocycles. The summed E-state index contributed by atoms with van der Waals surface area (Å²) in [6.07, 6.45) is 0. The minimum atomic E-state index is -0.310. The molecular weight excluding hydrogens is 942 g/mol. The Labute approximate surface area is 462 Å². The molecule has 0 bridgehead atoms. The average Bonchev–Trinajstić information content (AvgIpc) is 4.04. The van der Waals surface area contributed by atoms with Gasteiger partial charge in [-0.05, 0) is 162 Å². The first-order valence-electron chi connectivity index (χ1n) is 28.2. The molecule has 4 aliphatic heterocycles. The molecule has 9 aromatic carbocycles. The topological polar surface area (TPSA) is 13.0 Å². The second kappa shape index (κ2) is 16.2. The summed E-state index contributed by atoms with van der Waals surface area (Å²) in [5, 5.41) is 0. The molecule has 0 radical (unpaired) electrons.